The fourth-order valence-electron chi connectivity index (χ4n) is 1.92. The Kier molecular flexibility index (Phi) is 3.76. The largest absolute Gasteiger partial charge is 0.241 e. The number of thiazole rings is 1. The van der Waals surface area contributed by atoms with Gasteiger partial charge in [-0.3, -0.25) is 0 Å². The van der Waals surface area contributed by atoms with Gasteiger partial charge in [0.25, 0.3) is 0 Å². The molecule has 0 amide bonds. The maximum atomic E-state index is 4.71. The zero-order valence-electron chi connectivity index (χ0n) is 10.2. The molecule has 1 heterocycles. The molecule has 0 N–H and O–H groups in total. The Morgan fingerprint density at radius 3 is 2.42 bits per heavy atom. The molecule has 19 heavy (non-hydrogen) atoms. The molecule has 0 aliphatic carbocycles. The van der Waals surface area contributed by atoms with Crippen LogP contribution in [0, 0.1) is 0 Å². The van der Waals surface area contributed by atoms with E-state index < -0.39 is 0 Å². The molecule has 94 valence electrons. The molecule has 0 aliphatic rings. The molecule has 0 bridgehead atoms. The van der Waals surface area contributed by atoms with E-state index in [1.165, 1.54) is 11.1 Å². The molecule has 0 atom stereocenters. The van der Waals surface area contributed by atoms with Crippen molar-refractivity contribution in [3.8, 4) is 10.6 Å². The van der Waals surface area contributed by atoms with Gasteiger partial charge < -0.3 is 0 Å². The van der Waals surface area contributed by atoms with Gasteiger partial charge in [0.05, 0.1) is 5.69 Å². The minimum absolute atomic E-state index is 0.897. The van der Waals surface area contributed by atoms with E-state index in [9.17, 15) is 0 Å². The first-order chi connectivity index (χ1) is 9.31. The Morgan fingerprint density at radius 2 is 1.68 bits per heavy atom. The smallest absolute Gasteiger partial charge is 0.123 e. The quantitative estimate of drug-likeness (QED) is 0.646. The Bertz CT molecular complexity index is 659. The van der Waals surface area contributed by atoms with Gasteiger partial charge >= 0.3 is 0 Å². The summed E-state index contributed by atoms with van der Waals surface area (Å²) in [7, 11) is 0. The van der Waals surface area contributed by atoms with Crippen LogP contribution in [0.15, 0.2) is 64.5 Å². The number of hydrogen-bond acceptors (Lipinski definition) is 2. The van der Waals surface area contributed by atoms with Crippen LogP contribution in [0.5, 0.6) is 0 Å². The first kappa shape index (κ1) is 12.6. The van der Waals surface area contributed by atoms with E-state index in [4.69, 9.17) is 4.98 Å². The average molecular weight is 330 g/mol. The molecule has 3 aromatic rings. The number of hydrogen-bond donors (Lipinski definition) is 0. The van der Waals surface area contributed by atoms with Crippen LogP contribution in [0.25, 0.3) is 10.6 Å². The van der Waals surface area contributed by atoms with Crippen molar-refractivity contribution < 1.29 is 0 Å². The summed E-state index contributed by atoms with van der Waals surface area (Å²) in [5.74, 6) is 0. The third kappa shape index (κ3) is 3.11. The van der Waals surface area contributed by atoms with Crippen LogP contribution < -0.4 is 0 Å². The summed E-state index contributed by atoms with van der Waals surface area (Å²) in [6.45, 7) is 0. The van der Waals surface area contributed by atoms with Gasteiger partial charge in [-0.1, -0.05) is 58.4 Å². The Hall–Kier alpha value is -1.45. The summed E-state index contributed by atoms with van der Waals surface area (Å²) in [6, 6.07) is 18.7. The summed E-state index contributed by atoms with van der Waals surface area (Å²) in [6.07, 6.45) is 0.897. The number of benzene rings is 2. The highest BCUT2D eigenvalue weighted by atomic mass is 79.9. The monoisotopic (exact) mass is 329 g/mol. The minimum Gasteiger partial charge on any atom is -0.241 e. The molecule has 1 nitrogen and oxygen atoms in total. The van der Waals surface area contributed by atoms with Gasteiger partial charge in [-0.25, -0.2) is 4.98 Å². The molecule has 0 spiro atoms. The van der Waals surface area contributed by atoms with Gasteiger partial charge in [-0.05, 0) is 17.7 Å². The summed E-state index contributed by atoms with van der Waals surface area (Å²) in [4.78, 5) is 4.71. The second kappa shape index (κ2) is 5.68. The Labute approximate surface area is 125 Å². The van der Waals surface area contributed by atoms with Crippen LogP contribution >= 0.6 is 27.3 Å². The van der Waals surface area contributed by atoms with Gasteiger partial charge in [0.15, 0.2) is 0 Å². The van der Waals surface area contributed by atoms with E-state index in [0.717, 1.165) is 21.6 Å². The van der Waals surface area contributed by atoms with Gasteiger partial charge in [0, 0.05) is 21.8 Å². The summed E-state index contributed by atoms with van der Waals surface area (Å²) < 4.78 is 1.09. The van der Waals surface area contributed by atoms with E-state index in [0.29, 0.717) is 0 Å². The lowest BCUT2D eigenvalue weighted by Crippen LogP contribution is -1.87. The fraction of sp³-hybridized carbons (Fsp3) is 0.0625. The second-order valence-corrected chi connectivity index (χ2v) is 6.09. The van der Waals surface area contributed by atoms with Gasteiger partial charge in [0.2, 0.25) is 0 Å². The van der Waals surface area contributed by atoms with Crippen LogP contribution in [-0.4, -0.2) is 4.98 Å². The second-order valence-electron chi connectivity index (χ2n) is 4.31. The van der Waals surface area contributed by atoms with E-state index in [-0.39, 0.29) is 0 Å². The predicted octanol–water partition coefficient (Wildman–Crippen LogP) is 5.16. The van der Waals surface area contributed by atoms with Crippen LogP contribution in [0.2, 0.25) is 0 Å². The third-order valence-electron chi connectivity index (χ3n) is 2.87. The van der Waals surface area contributed by atoms with Crippen molar-refractivity contribution in [2.45, 2.75) is 6.42 Å². The van der Waals surface area contributed by atoms with Crippen molar-refractivity contribution >= 4 is 27.3 Å². The number of halogens is 1. The van der Waals surface area contributed by atoms with E-state index in [1.54, 1.807) is 11.3 Å². The first-order valence-corrected chi connectivity index (χ1v) is 7.73. The van der Waals surface area contributed by atoms with Crippen molar-refractivity contribution in [1.29, 1.82) is 0 Å². The fourth-order valence-corrected chi connectivity index (χ4v) is 3.01. The van der Waals surface area contributed by atoms with E-state index in [1.807, 2.05) is 18.2 Å². The lowest BCUT2D eigenvalue weighted by atomic mass is 10.1. The van der Waals surface area contributed by atoms with Gasteiger partial charge in [-0.2, -0.15) is 0 Å². The van der Waals surface area contributed by atoms with Crippen LogP contribution in [-0.2, 0) is 6.42 Å². The maximum Gasteiger partial charge on any atom is 0.123 e. The minimum atomic E-state index is 0.897. The van der Waals surface area contributed by atoms with Crippen molar-refractivity contribution in [2.75, 3.05) is 0 Å². The van der Waals surface area contributed by atoms with Gasteiger partial charge in [0.1, 0.15) is 5.01 Å². The van der Waals surface area contributed by atoms with Crippen molar-refractivity contribution in [2.24, 2.45) is 0 Å². The molecule has 0 unspecified atom stereocenters. The zero-order chi connectivity index (χ0) is 13.1. The molecule has 1 aromatic heterocycles. The average Bonchev–Trinajstić information content (AvgIpc) is 2.89. The highest BCUT2D eigenvalue weighted by Crippen LogP contribution is 2.26. The van der Waals surface area contributed by atoms with Crippen LogP contribution in [0.3, 0.4) is 0 Å². The highest BCUT2D eigenvalue weighted by molar-refractivity contribution is 9.10. The zero-order valence-corrected chi connectivity index (χ0v) is 12.6. The Morgan fingerprint density at radius 1 is 0.947 bits per heavy atom. The third-order valence-corrected chi connectivity index (χ3v) is 4.34. The molecule has 0 saturated carbocycles. The van der Waals surface area contributed by atoms with Crippen molar-refractivity contribution in [3.63, 3.8) is 0 Å². The SMILES string of the molecule is Brc1ccc(-c2nc(Cc3ccccc3)cs2)cc1. The molecule has 0 aliphatic heterocycles. The molecular formula is C16H12BrNS. The molecule has 2 aromatic carbocycles. The molecule has 3 heteroatoms. The molecular weight excluding hydrogens is 318 g/mol. The first-order valence-electron chi connectivity index (χ1n) is 6.05. The Balaban J connectivity index is 1.82. The normalized spacial score (nSPS) is 10.6. The molecule has 0 radical (unpaired) electrons. The number of aromatic nitrogens is 1. The summed E-state index contributed by atoms with van der Waals surface area (Å²) >= 11 is 5.15. The number of rotatable bonds is 3. The number of nitrogens with zero attached hydrogens (tertiary/aromatic N) is 1. The van der Waals surface area contributed by atoms with Crippen LogP contribution in [0.1, 0.15) is 11.3 Å². The maximum absolute atomic E-state index is 4.71. The lowest BCUT2D eigenvalue weighted by molar-refractivity contribution is 1.11. The molecule has 3 rings (SSSR count). The lowest BCUT2D eigenvalue weighted by Gasteiger charge is -1.98. The summed E-state index contributed by atoms with van der Waals surface area (Å²) in [5, 5.41) is 3.23. The standard InChI is InChI=1S/C16H12BrNS/c17-14-8-6-13(7-9-14)16-18-15(11-19-16)10-12-4-2-1-3-5-12/h1-9,11H,10H2. The van der Waals surface area contributed by atoms with Crippen LogP contribution in [0.4, 0.5) is 0 Å². The van der Waals surface area contributed by atoms with E-state index in [2.05, 4.69) is 57.7 Å². The van der Waals surface area contributed by atoms with Crippen molar-refractivity contribution in [3.05, 3.63) is 75.7 Å². The van der Waals surface area contributed by atoms with E-state index >= 15 is 0 Å². The summed E-state index contributed by atoms with van der Waals surface area (Å²) in [5.41, 5.74) is 3.61. The van der Waals surface area contributed by atoms with Crippen molar-refractivity contribution in [1.82, 2.24) is 4.98 Å². The molecule has 0 fully saturated rings. The topological polar surface area (TPSA) is 12.9 Å². The highest BCUT2D eigenvalue weighted by Gasteiger charge is 2.05. The van der Waals surface area contributed by atoms with Gasteiger partial charge in [-0.15, -0.1) is 11.3 Å². The predicted molar refractivity (Wildman–Crippen MR) is 84.5 cm³/mol. The molecule has 0 saturated heterocycles.